The molecule has 20 heavy (non-hydrogen) atoms. The SMILES string of the molecule is Nc1nc2c(Cl)cc([N+](=O)[O-])c(N3CCOCC3)c2s1. The van der Waals surface area contributed by atoms with E-state index in [-0.39, 0.29) is 10.7 Å². The first-order valence-electron chi connectivity index (χ1n) is 5.93. The van der Waals surface area contributed by atoms with Crippen molar-refractivity contribution in [3.63, 3.8) is 0 Å². The molecule has 1 aliphatic rings. The van der Waals surface area contributed by atoms with Crippen LogP contribution >= 0.6 is 22.9 Å². The minimum absolute atomic E-state index is 0.0203. The Balaban J connectivity index is 2.27. The smallest absolute Gasteiger partial charge is 0.295 e. The molecule has 1 aliphatic heterocycles. The van der Waals surface area contributed by atoms with E-state index in [0.717, 1.165) is 0 Å². The van der Waals surface area contributed by atoms with Crippen LogP contribution in [0.15, 0.2) is 6.07 Å². The van der Waals surface area contributed by atoms with Gasteiger partial charge in [-0.1, -0.05) is 22.9 Å². The van der Waals surface area contributed by atoms with Crippen molar-refractivity contribution in [2.45, 2.75) is 0 Å². The molecule has 2 aromatic rings. The van der Waals surface area contributed by atoms with Gasteiger partial charge >= 0.3 is 0 Å². The predicted octanol–water partition coefficient (Wildman–Crippen LogP) is 2.28. The quantitative estimate of drug-likeness (QED) is 0.675. The van der Waals surface area contributed by atoms with Crippen LogP contribution < -0.4 is 10.6 Å². The maximum atomic E-state index is 11.3. The van der Waals surface area contributed by atoms with Crippen molar-refractivity contribution in [3.05, 3.63) is 21.2 Å². The van der Waals surface area contributed by atoms with Crippen molar-refractivity contribution in [2.75, 3.05) is 36.9 Å². The molecule has 2 N–H and O–H groups in total. The van der Waals surface area contributed by atoms with Crippen molar-refractivity contribution >= 4 is 49.7 Å². The maximum absolute atomic E-state index is 11.3. The molecule has 0 radical (unpaired) electrons. The number of hydrogen-bond donors (Lipinski definition) is 1. The Labute approximate surface area is 123 Å². The van der Waals surface area contributed by atoms with Gasteiger partial charge in [-0.15, -0.1) is 0 Å². The lowest BCUT2D eigenvalue weighted by atomic mass is 10.2. The molecule has 0 amide bonds. The van der Waals surface area contributed by atoms with Gasteiger partial charge in [-0.2, -0.15) is 0 Å². The lowest BCUT2D eigenvalue weighted by Crippen LogP contribution is -2.36. The van der Waals surface area contributed by atoms with Gasteiger partial charge in [-0.3, -0.25) is 10.1 Å². The Kier molecular flexibility index (Phi) is 3.36. The van der Waals surface area contributed by atoms with Crippen LogP contribution in [0.2, 0.25) is 5.02 Å². The number of rotatable bonds is 2. The third-order valence-electron chi connectivity index (χ3n) is 3.12. The topological polar surface area (TPSA) is 94.5 Å². The van der Waals surface area contributed by atoms with Gasteiger partial charge in [0.15, 0.2) is 5.13 Å². The van der Waals surface area contributed by atoms with Crippen molar-refractivity contribution in [2.24, 2.45) is 0 Å². The molecule has 1 saturated heterocycles. The predicted molar refractivity (Wildman–Crippen MR) is 78.7 cm³/mol. The number of aromatic nitrogens is 1. The number of benzene rings is 1. The lowest BCUT2D eigenvalue weighted by molar-refractivity contribution is -0.384. The standard InChI is InChI=1S/C11H11ClN4O3S/c12-6-5-7(16(17)18)9(15-1-3-19-4-2-15)10-8(6)14-11(13)20-10/h5H,1-4H2,(H2,13,14). The van der Waals surface area contributed by atoms with Gasteiger partial charge in [-0.25, -0.2) is 4.98 Å². The number of halogens is 1. The Morgan fingerprint density at radius 2 is 2.20 bits per heavy atom. The summed E-state index contributed by atoms with van der Waals surface area (Å²) in [5.74, 6) is 0. The fraction of sp³-hybridized carbons (Fsp3) is 0.364. The van der Waals surface area contributed by atoms with Crippen LogP contribution in [0.4, 0.5) is 16.5 Å². The summed E-state index contributed by atoms with van der Waals surface area (Å²) >= 11 is 7.28. The number of thiazole rings is 1. The molecule has 2 heterocycles. The van der Waals surface area contributed by atoms with Gasteiger partial charge in [0.2, 0.25) is 0 Å². The van der Waals surface area contributed by atoms with Crippen molar-refractivity contribution < 1.29 is 9.66 Å². The summed E-state index contributed by atoms with van der Waals surface area (Å²) in [6, 6.07) is 1.34. The second-order valence-corrected chi connectivity index (χ2v) is 5.75. The zero-order valence-electron chi connectivity index (χ0n) is 10.3. The Bertz CT molecular complexity index is 684. The van der Waals surface area contributed by atoms with E-state index >= 15 is 0 Å². The average Bonchev–Trinajstić information content (AvgIpc) is 2.81. The molecule has 0 unspecified atom stereocenters. The normalized spacial score (nSPS) is 15.8. The molecule has 0 bridgehead atoms. The summed E-state index contributed by atoms with van der Waals surface area (Å²) in [6.07, 6.45) is 0. The molecule has 1 aromatic heterocycles. The number of nitrogens with two attached hydrogens (primary N) is 1. The van der Waals surface area contributed by atoms with Crippen molar-refractivity contribution in [3.8, 4) is 0 Å². The van der Waals surface area contributed by atoms with E-state index in [4.69, 9.17) is 22.1 Å². The largest absolute Gasteiger partial charge is 0.378 e. The van der Waals surface area contributed by atoms with Crippen LogP contribution in [0.25, 0.3) is 10.2 Å². The summed E-state index contributed by atoms with van der Waals surface area (Å²) in [6.45, 7) is 2.26. The summed E-state index contributed by atoms with van der Waals surface area (Å²) in [7, 11) is 0. The number of nitrogen functional groups attached to an aromatic ring is 1. The second kappa shape index (κ2) is 5.04. The molecule has 7 nitrogen and oxygen atoms in total. The Morgan fingerprint density at radius 3 is 2.85 bits per heavy atom. The number of fused-ring (bicyclic) bond motifs is 1. The van der Waals surface area contributed by atoms with Crippen molar-refractivity contribution in [1.82, 2.24) is 4.98 Å². The molecular formula is C11H11ClN4O3S. The van der Waals surface area contributed by atoms with Gasteiger partial charge in [0.25, 0.3) is 5.69 Å². The lowest BCUT2D eigenvalue weighted by Gasteiger charge is -2.28. The highest BCUT2D eigenvalue weighted by molar-refractivity contribution is 7.22. The molecule has 9 heteroatoms. The fourth-order valence-corrected chi connectivity index (χ4v) is 3.49. The highest BCUT2D eigenvalue weighted by atomic mass is 35.5. The van der Waals surface area contributed by atoms with E-state index in [1.54, 1.807) is 0 Å². The summed E-state index contributed by atoms with van der Waals surface area (Å²) in [5, 5.41) is 11.9. The summed E-state index contributed by atoms with van der Waals surface area (Å²) < 4.78 is 5.94. The van der Waals surface area contributed by atoms with Crippen LogP contribution in [0, 0.1) is 10.1 Å². The number of nitrogens with zero attached hydrogens (tertiary/aromatic N) is 3. The zero-order chi connectivity index (χ0) is 14.3. The number of anilines is 2. The fourth-order valence-electron chi connectivity index (χ4n) is 2.26. The molecule has 3 rings (SSSR count). The molecule has 0 atom stereocenters. The van der Waals surface area contributed by atoms with Gasteiger partial charge in [-0.05, 0) is 0 Å². The third-order valence-corrected chi connectivity index (χ3v) is 4.29. The summed E-state index contributed by atoms with van der Waals surface area (Å²) in [5.41, 5.74) is 6.75. The number of morpholine rings is 1. The first-order chi connectivity index (χ1) is 9.58. The van der Waals surface area contributed by atoms with Gasteiger partial charge in [0, 0.05) is 19.2 Å². The number of nitro benzene ring substituents is 1. The number of ether oxygens (including phenoxy) is 1. The minimum atomic E-state index is -0.425. The second-order valence-electron chi connectivity index (χ2n) is 4.31. The van der Waals surface area contributed by atoms with E-state index in [0.29, 0.717) is 47.3 Å². The molecule has 1 fully saturated rings. The zero-order valence-corrected chi connectivity index (χ0v) is 11.9. The van der Waals surface area contributed by atoms with Crippen LogP contribution in [0.1, 0.15) is 0 Å². The Morgan fingerprint density at radius 1 is 1.50 bits per heavy atom. The minimum Gasteiger partial charge on any atom is -0.378 e. The van der Waals surface area contributed by atoms with E-state index in [2.05, 4.69) is 4.98 Å². The molecule has 1 aromatic carbocycles. The van der Waals surface area contributed by atoms with Crippen LogP contribution in [-0.4, -0.2) is 36.2 Å². The highest BCUT2D eigenvalue weighted by Gasteiger charge is 2.27. The number of nitro groups is 1. The maximum Gasteiger partial charge on any atom is 0.295 e. The summed E-state index contributed by atoms with van der Waals surface area (Å²) in [4.78, 5) is 17.0. The average molecular weight is 315 g/mol. The molecular weight excluding hydrogens is 304 g/mol. The first-order valence-corrected chi connectivity index (χ1v) is 7.13. The number of hydrogen-bond acceptors (Lipinski definition) is 7. The van der Waals surface area contributed by atoms with Gasteiger partial charge < -0.3 is 15.4 Å². The van der Waals surface area contributed by atoms with E-state index in [1.807, 2.05) is 4.90 Å². The van der Waals surface area contributed by atoms with E-state index < -0.39 is 4.92 Å². The van der Waals surface area contributed by atoms with Crippen LogP contribution in [0.3, 0.4) is 0 Å². The van der Waals surface area contributed by atoms with E-state index in [1.165, 1.54) is 17.4 Å². The van der Waals surface area contributed by atoms with Crippen LogP contribution in [0.5, 0.6) is 0 Å². The van der Waals surface area contributed by atoms with Crippen molar-refractivity contribution in [1.29, 1.82) is 0 Å². The van der Waals surface area contributed by atoms with Gasteiger partial charge in [0.1, 0.15) is 11.2 Å². The Hall–Kier alpha value is -1.64. The van der Waals surface area contributed by atoms with E-state index in [9.17, 15) is 10.1 Å². The monoisotopic (exact) mass is 314 g/mol. The third kappa shape index (κ3) is 2.15. The molecule has 0 spiro atoms. The first kappa shape index (κ1) is 13.3. The molecule has 106 valence electrons. The van der Waals surface area contributed by atoms with Gasteiger partial charge in [0.05, 0.1) is 27.9 Å². The molecule has 0 aliphatic carbocycles. The molecule has 0 saturated carbocycles. The van der Waals surface area contributed by atoms with Crippen LogP contribution in [-0.2, 0) is 4.74 Å². The highest BCUT2D eigenvalue weighted by Crippen LogP contribution is 2.43.